The second kappa shape index (κ2) is 7.42. The highest BCUT2D eigenvalue weighted by atomic mass is 16.7. The summed E-state index contributed by atoms with van der Waals surface area (Å²) >= 11 is 0. The molecule has 0 radical (unpaired) electrons. The molecular weight excluding hydrogens is 298 g/mol. The maximum Gasteiger partial charge on any atom is 0.407 e. The number of ether oxygens (including phenoxy) is 3. The van der Waals surface area contributed by atoms with Gasteiger partial charge in [-0.1, -0.05) is 60.7 Å². The third-order valence-electron chi connectivity index (χ3n) is 3.17. The van der Waals surface area contributed by atoms with Crippen LogP contribution in [0.15, 0.2) is 60.7 Å². The third-order valence-corrected chi connectivity index (χ3v) is 3.17. The normalized spacial score (nSPS) is 12.9. The molecule has 6 nitrogen and oxygen atoms in total. The van der Waals surface area contributed by atoms with Crippen LogP contribution in [0, 0.1) is 0 Å². The van der Waals surface area contributed by atoms with E-state index >= 15 is 0 Å². The topological polar surface area (TPSA) is 87.9 Å². The van der Waals surface area contributed by atoms with Crippen LogP contribution in [0.4, 0.5) is 4.79 Å². The number of rotatable bonds is 6. The number of hydrogen-bond acceptors (Lipinski definition) is 5. The molecule has 6 heteroatoms. The Kier molecular flexibility index (Phi) is 5.32. The van der Waals surface area contributed by atoms with Gasteiger partial charge in [-0.3, -0.25) is 0 Å². The molecule has 0 saturated heterocycles. The molecule has 0 bridgehead atoms. The quantitative estimate of drug-likeness (QED) is 0.653. The van der Waals surface area contributed by atoms with E-state index in [0.29, 0.717) is 5.56 Å². The number of benzene rings is 2. The summed E-state index contributed by atoms with van der Waals surface area (Å²) in [5, 5.41) is 0. The lowest BCUT2D eigenvalue weighted by atomic mass is 10.1. The number of amides is 1. The van der Waals surface area contributed by atoms with Crippen molar-refractivity contribution in [3.63, 3.8) is 0 Å². The van der Waals surface area contributed by atoms with Crippen LogP contribution in [-0.2, 0) is 31.4 Å². The van der Waals surface area contributed by atoms with E-state index in [1.165, 1.54) is 7.11 Å². The van der Waals surface area contributed by atoms with E-state index in [1.54, 1.807) is 42.5 Å². The molecule has 0 spiro atoms. The molecule has 0 aliphatic rings. The highest BCUT2D eigenvalue weighted by Crippen LogP contribution is 2.29. The highest BCUT2D eigenvalue weighted by molar-refractivity contribution is 5.82. The van der Waals surface area contributed by atoms with Crippen LogP contribution in [0.2, 0.25) is 0 Å². The van der Waals surface area contributed by atoms with E-state index in [1.807, 2.05) is 18.2 Å². The number of carbonyl (C=O) groups is 2. The summed E-state index contributed by atoms with van der Waals surface area (Å²) < 4.78 is 15.4. The lowest BCUT2D eigenvalue weighted by molar-refractivity contribution is -0.224. The Morgan fingerprint density at radius 2 is 1.57 bits per heavy atom. The predicted octanol–water partition coefficient (Wildman–Crippen LogP) is 2.32. The summed E-state index contributed by atoms with van der Waals surface area (Å²) in [6, 6.07) is 17.4. The van der Waals surface area contributed by atoms with Crippen molar-refractivity contribution in [2.24, 2.45) is 5.73 Å². The van der Waals surface area contributed by atoms with E-state index in [2.05, 4.69) is 0 Å². The molecule has 0 aliphatic heterocycles. The number of nitrogens with two attached hydrogens (primary N) is 1. The molecule has 2 rings (SSSR count). The molecule has 1 unspecified atom stereocenters. The molecule has 23 heavy (non-hydrogen) atoms. The Labute approximate surface area is 133 Å². The van der Waals surface area contributed by atoms with Gasteiger partial charge >= 0.3 is 17.8 Å². The average molecular weight is 315 g/mol. The van der Waals surface area contributed by atoms with Crippen LogP contribution in [0.3, 0.4) is 0 Å². The zero-order chi connectivity index (χ0) is 16.7. The van der Waals surface area contributed by atoms with E-state index in [-0.39, 0.29) is 6.61 Å². The minimum Gasteiger partial charge on any atom is -0.456 e. The summed E-state index contributed by atoms with van der Waals surface area (Å²) in [5.74, 6) is -2.91. The Morgan fingerprint density at radius 1 is 1.00 bits per heavy atom. The van der Waals surface area contributed by atoms with Gasteiger partial charge in [-0.15, -0.1) is 0 Å². The fraction of sp³-hybridized carbons (Fsp3) is 0.176. The van der Waals surface area contributed by atoms with Crippen molar-refractivity contribution in [1.29, 1.82) is 0 Å². The first kappa shape index (κ1) is 16.5. The van der Waals surface area contributed by atoms with Crippen molar-refractivity contribution in [3.05, 3.63) is 71.8 Å². The van der Waals surface area contributed by atoms with Gasteiger partial charge in [0.1, 0.15) is 6.61 Å². The second-order valence-corrected chi connectivity index (χ2v) is 4.67. The minimum absolute atomic E-state index is 0.0136. The Hall–Kier alpha value is -2.86. The van der Waals surface area contributed by atoms with E-state index in [9.17, 15) is 9.59 Å². The van der Waals surface area contributed by atoms with E-state index in [0.717, 1.165) is 5.56 Å². The molecular formula is C17H17NO5. The molecule has 2 aromatic carbocycles. The average Bonchev–Trinajstić information content (AvgIpc) is 2.59. The first-order chi connectivity index (χ1) is 11.1. The van der Waals surface area contributed by atoms with Crippen LogP contribution in [0.5, 0.6) is 0 Å². The van der Waals surface area contributed by atoms with Crippen LogP contribution in [-0.4, -0.2) is 19.2 Å². The smallest absolute Gasteiger partial charge is 0.407 e. The molecule has 2 N–H and O–H groups in total. The standard InChI is InChI=1S/C17H17NO5/c1-21-17(23-16(18)20,14-10-6-3-7-11-14)15(19)22-12-13-8-4-2-5-9-13/h2-11H,12H2,1H3,(H2,18,20). The zero-order valence-electron chi connectivity index (χ0n) is 12.6. The van der Waals surface area contributed by atoms with Crippen LogP contribution < -0.4 is 5.73 Å². The molecule has 1 atom stereocenters. The highest BCUT2D eigenvalue weighted by Gasteiger charge is 2.46. The van der Waals surface area contributed by atoms with Crippen molar-refractivity contribution in [3.8, 4) is 0 Å². The number of methoxy groups -OCH3 is 1. The fourth-order valence-electron chi connectivity index (χ4n) is 2.08. The van der Waals surface area contributed by atoms with Crippen molar-refractivity contribution < 1.29 is 23.8 Å². The molecule has 0 aromatic heterocycles. The van der Waals surface area contributed by atoms with Gasteiger partial charge in [0.2, 0.25) is 0 Å². The molecule has 2 aromatic rings. The maximum absolute atomic E-state index is 12.5. The summed E-state index contributed by atoms with van der Waals surface area (Å²) in [7, 11) is 1.24. The predicted molar refractivity (Wildman–Crippen MR) is 82.0 cm³/mol. The summed E-state index contributed by atoms with van der Waals surface area (Å²) in [6.45, 7) is 0.0136. The van der Waals surface area contributed by atoms with Gasteiger partial charge in [-0.25, -0.2) is 9.59 Å². The molecule has 0 fully saturated rings. The van der Waals surface area contributed by atoms with Crippen LogP contribution in [0.25, 0.3) is 0 Å². The van der Waals surface area contributed by atoms with Gasteiger partial charge in [-0.05, 0) is 5.56 Å². The Bertz CT molecular complexity index is 659. The van der Waals surface area contributed by atoms with Gasteiger partial charge in [0.05, 0.1) is 0 Å². The van der Waals surface area contributed by atoms with Gasteiger partial charge in [0.15, 0.2) is 0 Å². The van der Waals surface area contributed by atoms with Crippen LogP contribution in [0.1, 0.15) is 11.1 Å². The van der Waals surface area contributed by atoms with Gasteiger partial charge in [0, 0.05) is 12.7 Å². The van der Waals surface area contributed by atoms with Crippen molar-refractivity contribution in [2.75, 3.05) is 7.11 Å². The lowest BCUT2D eigenvalue weighted by Crippen LogP contribution is -2.44. The van der Waals surface area contributed by atoms with Crippen LogP contribution >= 0.6 is 0 Å². The second-order valence-electron chi connectivity index (χ2n) is 4.67. The largest absolute Gasteiger partial charge is 0.456 e. The number of esters is 1. The van der Waals surface area contributed by atoms with Crippen molar-refractivity contribution in [1.82, 2.24) is 0 Å². The Balaban J connectivity index is 2.25. The van der Waals surface area contributed by atoms with E-state index in [4.69, 9.17) is 19.9 Å². The van der Waals surface area contributed by atoms with Crippen molar-refractivity contribution >= 4 is 12.1 Å². The summed E-state index contributed by atoms with van der Waals surface area (Å²) in [6.07, 6.45) is -1.15. The molecule has 1 amide bonds. The number of carbonyl (C=O) groups excluding carboxylic acids is 2. The monoisotopic (exact) mass is 315 g/mol. The maximum atomic E-state index is 12.5. The Morgan fingerprint density at radius 3 is 2.09 bits per heavy atom. The molecule has 0 heterocycles. The molecule has 0 saturated carbocycles. The molecule has 120 valence electrons. The fourth-order valence-corrected chi connectivity index (χ4v) is 2.08. The number of primary amides is 1. The summed E-state index contributed by atoms with van der Waals surface area (Å²) in [5.41, 5.74) is 6.18. The summed E-state index contributed by atoms with van der Waals surface area (Å²) in [4.78, 5) is 23.8. The SMILES string of the molecule is COC(OC(N)=O)(C(=O)OCc1ccccc1)c1ccccc1. The first-order valence-corrected chi connectivity index (χ1v) is 6.89. The van der Waals surface area contributed by atoms with E-state index < -0.39 is 17.8 Å². The lowest BCUT2D eigenvalue weighted by Gasteiger charge is -2.28. The van der Waals surface area contributed by atoms with Gasteiger partial charge in [0.25, 0.3) is 0 Å². The first-order valence-electron chi connectivity index (χ1n) is 6.89. The van der Waals surface area contributed by atoms with Gasteiger partial charge < -0.3 is 19.9 Å². The molecule has 0 aliphatic carbocycles. The zero-order valence-corrected chi connectivity index (χ0v) is 12.6. The number of hydrogen-bond donors (Lipinski definition) is 1. The van der Waals surface area contributed by atoms with Gasteiger partial charge in [-0.2, -0.15) is 0 Å². The van der Waals surface area contributed by atoms with Crippen molar-refractivity contribution in [2.45, 2.75) is 12.4 Å². The third kappa shape index (κ3) is 3.87. The minimum atomic E-state index is -2.04.